The third-order valence-electron chi connectivity index (χ3n) is 4.41. The maximum absolute atomic E-state index is 14.3. The van der Waals surface area contributed by atoms with E-state index in [0.29, 0.717) is 30.6 Å². The molecule has 1 aliphatic heterocycles. The fourth-order valence-electron chi connectivity index (χ4n) is 3.19. The van der Waals surface area contributed by atoms with Gasteiger partial charge in [-0.1, -0.05) is 12.1 Å². The molecule has 0 saturated heterocycles. The zero-order valence-electron chi connectivity index (χ0n) is 14.3. The largest absolute Gasteiger partial charge is 0.320 e. The highest BCUT2D eigenvalue weighted by Gasteiger charge is 2.40. The predicted molar refractivity (Wildman–Crippen MR) is 105 cm³/mol. The number of halogens is 3. The first-order chi connectivity index (χ1) is 11.9. The van der Waals surface area contributed by atoms with Crippen LogP contribution in [-0.4, -0.2) is 27.3 Å². The van der Waals surface area contributed by atoms with Gasteiger partial charge in [-0.2, -0.15) is 0 Å². The number of hydrogen-bond acceptors (Lipinski definition) is 3. The minimum atomic E-state index is -3.80. The molecular formula is C18H21BrF2N2O2S. The molecule has 26 heavy (non-hydrogen) atoms. The molecule has 1 N–H and O–H groups in total. The molecule has 2 aromatic rings. The monoisotopic (exact) mass is 446 g/mol. The van der Waals surface area contributed by atoms with E-state index >= 15 is 0 Å². The summed E-state index contributed by atoms with van der Waals surface area (Å²) >= 11 is 0. The number of para-hydroxylation sites is 1. The van der Waals surface area contributed by atoms with Crippen molar-refractivity contribution in [3.05, 3.63) is 59.7 Å². The Balaban J connectivity index is 0.00000243. The number of sulfonamides is 1. The van der Waals surface area contributed by atoms with E-state index in [1.807, 2.05) is 0 Å². The summed E-state index contributed by atoms with van der Waals surface area (Å²) in [4.78, 5) is 0. The Morgan fingerprint density at radius 2 is 1.88 bits per heavy atom. The van der Waals surface area contributed by atoms with E-state index in [9.17, 15) is 17.2 Å². The molecule has 0 radical (unpaired) electrons. The van der Waals surface area contributed by atoms with E-state index in [4.69, 9.17) is 0 Å². The van der Waals surface area contributed by atoms with Gasteiger partial charge in [0, 0.05) is 0 Å². The van der Waals surface area contributed by atoms with Gasteiger partial charge in [0.05, 0.1) is 16.6 Å². The lowest BCUT2D eigenvalue weighted by Gasteiger charge is -2.35. The Kier molecular flexibility index (Phi) is 6.76. The molecule has 0 bridgehead atoms. The predicted octanol–water partition coefficient (Wildman–Crippen LogP) is 3.93. The van der Waals surface area contributed by atoms with Gasteiger partial charge in [-0.25, -0.2) is 21.5 Å². The molecule has 0 aliphatic carbocycles. The van der Waals surface area contributed by atoms with Crippen LogP contribution in [0.1, 0.15) is 18.4 Å². The first-order valence-corrected chi connectivity index (χ1v) is 9.67. The number of nitrogens with one attached hydrogen (secondary N) is 1. The molecule has 1 atom stereocenters. The van der Waals surface area contributed by atoms with Crippen LogP contribution in [0.3, 0.4) is 0 Å². The van der Waals surface area contributed by atoms with Crippen LogP contribution in [0, 0.1) is 11.6 Å². The van der Waals surface area contributed by atoms with Gasteiger partial charge in [0.1, 0.15) is 11.6 Å². The summed E-state index contributed by atoms with van der Waals surface area (Å²) in [5.74, 6) is -1.06. The second-order valence-electron chi connectivity index (χ2n) is 6.11. The SMILES string of the molecule is Br.CNCCCC1Cc2cc(F)ccc2N(c2ccccc2F)S1(=O)=O. The Morgan fingerprint density at radius 1 is 1.15 bits per heavy atom. The van der Waals surface area contributed by atoms with Crippen molar-refractivity contribution in [1.82, 2.24) is 5.32 Å². The van der Waals surface area contributed by atoms with Crippen LogP contribution >= 0.6 is 17.0 Å². The van der Waals surface area contributed by atoms with E-state index in [2.05, 4.69) is 5.32 Å². The highest BCUT2D eigenvalue weighted by molar-refractivity contribution is 8.93. The summed E-state index contributed by atoms with van der Waals surface area (Å²) in [6.07, 6.45) is 1.31. The summed E-state index contributed by atoms with van der Waals surface area (Å²) in [7, 11) is -2.01. The first-order valence-electron chi connectivity index (χ1n) is 8.17. The Labute approximate surface area is 163 Å². The molecule has 4 nitrogen and oxygen atoms in total. The van der Waals surface area contributed by atoms with Crippen LogP contribution in [0.5, 0.6) is 0 Å². The third kappa shape index (κ3) is 3.92. The average Bonchev–Trinajstić information content (AvgIpc) is 2.57. The van der Waals surface area contributed by atoms with Crippen molar-refractivity contribution in [2.75, 3.05) is 17.9 Å². The zero-order chi connectivity index (χ0) is 18.0. The van der Waals surface area contributed by atoms with Gasteiger partial charge >= 0.3 is 0 Å². The molecule has 1 heterocycles. The fourth-order valence-corrected chi connectivity index (χ4v) is 5.22. The molecule has 142 valence electrons. The molecule has 0 saturated carbocycles. The lowest BCUT2D eigenvalue weighted by atomic mass is 10.0. The van der Waals surface area contributed by atoms with Crippen LogP contribution in [-0.2, 0) is 16.4 Å². The summed E-state index contributed by atoms with van der Waals surface area (Å²) in [5.41, 5.74) is 0.859. The van der Waals surface area contributed by atoms with Gasteiger partial charge in [-0.15, -0.1) is 17.0 Å². The number of nitrogens with zero attached hydrogens (tertiary/aromatic N) is 1. The van der Waals surface area contributed by atoms with E-state index in [0.717, 1.165) is 4.31 Å². The smallest absolute Gasteiger partial charge is 0.242 e. The van der Waals surface area contributed by atoms with E-state index < -0.39 is 26.9 Å². The molecule has 2 aromatic carbocycles. The summed E-state index contributed by atoms with van der Waals surface area (Å²) in [6, 6.07) is 9.67. The van der Waals surface area contributed by atoms with Crippen molar-refractivity contribution < 1.29 is 17.2 Å². The molecule has 0 amide bonds. The summed E-state index contributed by atoms with van der Waals surface area (Å²) in [5, 5.41) is 2.27. The maximum Gasteiger partial charge on any atom is 0.242 e. The maximum atomic E-state index is 14.3. The van der Waals surface area contributed by atoms with Crippen molar-refractivity contribution in [2.45, 2.75) is 24.5 Å². The topological polar surface area (TPSA) is 49.4 Å². The minimum absolute atomic E-state index is 0. The van der Waals surface area contributed by atoms with Gasteiger partial charge in [0.25, 0.3) is 0 Å². The van der Waals surface area contributed by atoms with Gasteiger partial charge in [-0.05, 0) is 68.8 Å². The first kappa shape index (κ1) is 20.8. The molecule has 3 rings (SSSR count). The quantitative estimate of drug-likeness (QED) is 0.707. The van der Waals surface area contributed by atoms with Crippen molar-refractivity contribution in [1.29, 1.82) is 0 Å². The van der Waals surface area contributed by atoms with E-state index in [1.165, 1.54) is 36.4 Å². The molecule has 1 aliphatic rings. The summed E-state index contributed by atoms with van der Waals surface area (Å²) < 4.78 is 55.3. The lowest BCUT2D eigenvalue weighted by Crippen LogP contribution is -2.42. The molecule has 8 heteroatoms. The Morgan fingerprint density at radius 3 is 2.58 bits per heavy atom. The molecule has 0 spiro atoms. The van der Waals surface area contributed by atoms with Crippen LogP contribution in [0.25, 0.3) is 0 Å². The standard InChI is InChI=1S/C18H20F2N2O2S.BrH/c1-21-10-4-5-15-12-13-11-14(19)8-9-17(13)22(25(15,23)24)18-7-3-2-6-16(18)20;/h2-3,6-9,11,15,21H,4-5,10,12H2,1H3;1H. The summed E-state index contributed by atoms with van der Waals surface area (Å²) in [6.45, 7) is 0.682. The zero-order valence-corrected chi connectivity index (χ0v) is 16.8. The number of benzene rings is 2. The highest BCUT2D eigenvalue weighted by atomic mass is 79.9. The molecule has 1 unspecified atom stereocenters. The van der Waals surface area contributed by atoms with E-state index in [1.54, 1.807) is 13.1 Å². The van der Waals surface area contributed by atoms with Crippen LogP contribution in [0.2, 0.25) is 0 Å². The fraction of sp³-hybridized carbons (Fsp3) is 0.333. The number of anilines is 2. The van der Waals surface area contributed by atoms with Gasteiger partial charge in [0.15, 0.2) is 0 Å². The van der Waals surface area contributed by atoms with Crippen LogP contribution < -0.4 is 9.62 Å². The van der Waals surface area contributed by atoms with Crippen molar-refractivity contribution in [3.8, 4) is 0 Å². The van der Waals surface area contributed by atoms with Crippen LogP contribution in [0.4, 0.5) is 20.2 Å². The Bertz CT molecular complexity index is 877. The van der Waals surface area contributed by atoms with E-state index in [-0.39, 0.29) is 29.1 Å². The normalized spacial score (nSPS) is 18.1. The number of fused-ring (bicyclic) bond motifs is 1. The van der Waals surface area contributed by atoms with Gasteiger partial charge in [-0.3, -0.25) is 0 Å². The Hall–Kier alpha value is -1.51. The highest BCUT2D eigenvalue weighted by Crippen LogP contribution is 2.41. The van der Waals surface area contributed by atoms with Crippen molar-refractivity contribution in [2.24, 2.45) is 0 Å². The molecule has 0 aromatic heterocycles. The third-order valence-corrected chi connectivity index (χ3v) is 6.55. The molecule has 0 fully saturated rings. The molecular weight excluding hydrogens is 426 g/mol. The van der Waals surface area contributed by atoms with Crippen molar-refractivity contribution >= 4 is 38.4 Å². The number of hydrogen-bond donors (Lipinski definition) is 1. The number of rotatable bonds is 5. The van der Waals surface area contributed by atoms with Gasteiger partial charge in [0.2, 0.25) is 10.0 Å². The minimum Gasteiger partial charge on any atom is -0.320 e. The average molecular weight is 447 g/mol. The lowest BCUT2D eigenvalue weighted by molar-refractivity contribution is 0.550. The van der Waals surface area contributed by atoms with Crippen LogP contribution in [0.15, 0.2) is 42.5 Å². The van der Waals surface area contributed by atoms with Crippen molar-refractivity contribution in [3.63, 3.8) is 0 Å². The van der Waals surface area contributed by atoms with Gasteiger partial charge < -0.3 is 5.32 Å². The second kappa shape index (κ2) is 8.45. The second-order valence-corrected chi connectivity index (χ2v) is 8.17.